The van der Waals surface area contributed by atoms with Crippen molar-refractivity contribution in [2.24, 2.45) is 11.3 Å². The molecule has 1 N–H and O–H groups in total. The smallest absolute Gasteiger partial charge is 0.333 e. The second kappa shape index (κ2) is 5.65. The van der Waals surface area contributed by atoms with Gasteiger partial charge >= 0.3 is 5.97 Å². The molecule has 2 aliphatic rings. The molecule has 0 aromatic heterocycles. The van der Waals surface area contributed by atoms with Crippen LogP contribution < -0.4 is 0 Å². The highest BCUT2D eigenvalue weighted by Gasteiger charge is 2.57. The fourth-order valence-corrected chi connectivity index (χ4v) is 3.70. The van der Waals surface area contributed by atoms with E-state index in [2.05, 4.69) is 0 Å². The first-order valence-corrected chi connectivity index (χ1v) is 7.93. The van der Waals surface area contributed by atoms with Gasteiger partial charge in [0.25, 0.3) is 0 Å². The van der Waals surface area contributed by atoms with Gasteiger partial charge in [-0.3, -0.25) is 4.79 Å². The van der Waals surface area contributed by atoms with Crippen molar-refractivity contribution in [3.05, 3.63) is 23.3 Å². The van der Waals surface area contributed by atoms with Gasteiger partial charge in [-0.05, 0) is 39.2 Å². The van der Waals surface area contributed by atoms with Gasteiger partial charge in [-0.15, -0.1) is 0 Å². The summed E-state index contributed by atoms with van der Waals surface area (Å²) >= 11 is 0. The zero-order valence-corrected chi connectivity index (χ0v) is 14.1. The first kappa shape index (κ1) is 16.9. The quantitative estimate of drug-likeness (QED) is 0.629. The first-order valence-electron chi connectivity index (χ1n) is 7.93. The molecule has 4 unspecified atom stereocenters. The third-order valence-electron chi connectivity index (χ3n) is 5.77. The molecule has 0 heterocycles. The summed E-state index contributed by atoms with van der Waals surface area (Å²) in [4.78, 5) is 24.0. The number of esters is 1. The number of rotatable bonds is 2. The van der Waals surface area contributed by atoms with Crippen molar-refractivity contribution in [3.8, 4) is 0 Å². The predicted octanol–water partition coefficient (Wildman–Crippen LogP) is 2.95. The summed E-state index contributed by atoms with van der Waals surface area (Å²) in [5.41, 5.74) is -0.320. The number of ketones is 1. The number of carbonyl (C=O) groups is 2. The van der Waals surface area contributed by atoms with Crippen molar-refractivity contribution in [2.45, 2.75) is 65.6 Å². The predicted molar refractivity (Wildman–Crippen MR) is 84.1 cm³/mol. The zero-order chi connectivity index (χ0) is 16.7. The Hall–Kier alpha value is -1.42. The Morgan fingerprint density at radius 3 is 2.73 bits per heavy atom. The molecule has 2 rings (SSSR count). The molecule has 122 valence electrons. The Labute approximate surface area is 132 Å². The highest BCUT2D eigenvalue weighted by atomic mass is 16.5. The van der Waals surface area contributed by atoms with Gasteiger partial charge in [-0.2, -0.15) is 0 Å². The van der Waals surface area contributed by atoms with Crippen LogP contribution in [0.1, 0.15) is 53.9 Å². The number of fused-ring (bicyclic) bond motifs is 1. The monoisotopic (exact) mass is 306 g/mol. The van der Waals surface area contributed by atoms with Crippen molar-refractivity contribution in [1.29, 1.82) is 0 Å². The summed E-state index contributed by atoms with van der Waals surface area (Å²) in [5.74, 6) is -0.351. The van der Waals surface area contributed by atoms with Crippen LogP contribution in [-0.2, 0) is 14.3 Å². The maximum Gasteiger partial charge on any atom is 0.333 e. The van der Waals surface area contributed by atoms with E-state index >= 15 is 0 Å². The Balaban J connectivity index is 2.29. The lowest BCUT2D eigenvalue weighted by Crippen LogP contribution is -2.59. The van der Waals surface area contributed by atoms with Gasteiger partial charge in [0, 0.05) is 23.3 Å². The summed E-state index contributed by atoms with van der Waals surface area (Å²) in [6.07, 6.45) is 4.57. The molecule has 0 saturated heterocycles. The van der Waals surface area contributed by atoms with Crippen LogP contribution in [0.4, 0.5) is 0 Å². The minimum atomic E-state index is -1.04. The van der Waals surface area contributed by atoms with Crippen molar-refractivity contribution in [1.82, 2.24) is 0 Å². The first-order chi connectivity index (χ1) is 10.1. The van der Waals surface area contributed by atoms with Crippen LogP contribution in [0.2, 0.25) is 0 Å². The van der Waals surface area contributed by atoms with Crippen molar-refractivity contribution < 1.29 is 19.4 Å². The second-order valence-corrected chi connectivity index (χ2v) is 6.98. The van der Waals surface area contributed by atoms with E-state index in [1.807, 2.05) is 19.9 Å². The SMILES string of the molecule is CC=C(C)C(=O)OC1CCC2(O)CC(=O)C(C)=CC2(C)C1C. The van der Waals surface area contributed by atoms with E-state index in [0.29, 0.717) is 24.0 Å². The van der Waals surface area contributed by atoms with Crippen LogP contribution in [-0.4, -0.2) is 28.6 Å². The van der Waals surface area contributed by atoms with Gasteiger partial charge < -0.3 is 9.84 Å². The normalized spacial score (nSPS) is 39.1. The van der Waals surface area contributed by atoms with Gasteiger partial charge in [0.05, 0.1) is 5.60 Å². The van der Waals surface area contributed by atoms with Crippen LogP contribution in [0.5, 0.6) is 0 Å². The van der Waals surface area contributed by atoms with E-state index < -0.39 is 11.0 Å². The third kappa shape index (κ3) is 2.54. The summed E-state index contributed by atoms with van der Waals surface area (Å²) in [7, 11) is 0. The van der Waals surface area contributed by atoms with Gasteiger partial charge in [0.1, 0.15) is 6.10 Å². The average molecular weight is 306 g/mol. The van der Waals surface area contributed by atoms with E-state index in [4.69, 9.17) is 4.74 Å². The highest BCUT2D eigenvalue weighted by molar-refractivity contribution is 5.97. The molecule has 4 atom stereocenters. The topological polar surface area (TPSA) is 63.6 Å². The molecule has 1 fully saturated rings. The maximum atomic E-state index is 12.0. The molecular formula is C18H26O4. The fraction of sp³-hybridized carbons (Fsp3) is 0.667. The second-order valence-electron chi connectivity index (χ2n) is 6.98. The number of hydrogen-bond acceptors (Lipinski definition) is 4. The minimum Gasteiger partial charge on any atom is -0.459 e. The minimum absolute atomic E-state index is 0.00683. The number of carbonyl (C=O) groups excluding carboxylic acids is 2. The largest absolute Gasteiger partial charge is 0.459 e. The Bertz CT molecular complexity index is 559. The van der Waals surface area contributed by atoms with Crippen molar-refractivity contribution in [2.75, 3.05) is 0 Å². The van der Waals surface area contributed by atoms with E-state index in [1.54, 1.807) is 26.8 Å². The lowest BCUT2D eigenvalue weighted by molar-refractivity contribution is -0.178. The molecule has 0 bridgehead atoms. The van der Waals surface area contributed by atoms with Gasteiger partial charge in [0.15, 0.2) is 5.78 Å². The molecule has 0 aliphatic heterocycles. The lowest BCUT2D eigenvalue weighted by atomic mass is 9.54. The van der Waals surface area contributed by atoms with Crippen molar-refractivity contribution in [3.63, 3.8) is 0 Å². The van der Waals surface area contributed by atoms with E-state index in [1.165, 1.54) is 0 Å². The molecule has 22 heavy (non-hydrogen) atoms. The van der Waals surface area contributed by atoms with Crippen LogP contribution >= 0.6 is 0 Å². The summed E-state index contributed by atoms with van der Waals surface area (Å²) in [6, 6.07) is 0. The molecule has 4 nitrogen and oxygen atoms in total. The number of aliphatic hydroxyl groups is 1. The van der Waals surface area contributed by atoms with Crippen LogP contribution in [0.15, 0.2) is 23.3 Å². The van der Waals surface area contributed by atoms with E-state index in [-0.39, 0.29) is 30.2 Å². The Kier molecular flexibility index (Phi) is 4.35. The summed E-state index contributed by atoms with van der Waals surface area (Å²) < 4.78 is 5.65. The molecule has 4 heteroatoms. The number of Topliss-reactive ketones (excluding diaryl/α,β-unsaturated/α-hetero) is 1. The van der Waals surface area contributed by atoms with Gasteiger partial charge in [-0.1, -0.05) is 26.0 Å². The lowest BCUT2D eigenvalue weighted by Gasteiger charge is -2.55. The van der Waals surface area contributed by atoms with Gasteiger partial charge in [-0.25, -0.2) is 4.79 Å². The summed E-state index contributed by atoms with van der Waals surface area (Å²) in [6.45, 7) is 9.29. The van der Waals surface area contributed by atoms with Crippen molar-refractivity contribution >= 4 is 11.8 Å². The molecule has 0 amide bonds. The molecule has 0 aromatic carbocycles. The number of allylic oxidation sites excluding steroid dienone is 2. The zero-order valence-electron chi connectivity index (χ0n) is 14.1. The maximum absolute atomic E-state index is 12.0. The summed E-state index contributed by atoms with van der Waals surface area (Å²) in [5, 5.41) is 11.0. The molecule has 0 spiro atoms. The Morgan fingerprint density at radius 1 is 1.50 bits per heavy atom. The standard InChI is InChI=1S/C18H26O4/c1-6-11(2)16(20)22-15-7-8-18(21)10-14(19)12(3)9-17(18,5)13(15)4/h6,9,13,15,21H,7-8,10H2,1-5H3. The molecular weight excluding hydrogens is 280 g/mol. The average Bonchev–Trinajstić information content (AvgIpc) is 2.46. The van der Waals surface area contributed by atoms with E-state index in [0.717, 1.165) is 0 Å². The van der Waals surface area contributed by atoms with Crippen LogP contribution in [0, 0.1) is 11.3 Å². The number of hydrogen-bond donors (Lipinski definition) is 1. The fourth-order valence-electron chi connectivity index (χ4n) is 3.70. The number of ether oxygens (including phenoxy) is 1. The molecule has 0 radical (unpaired) electrons. The molecule has 2 aliphatic carbocycles. The molecule has 1 saturated carbocycles. The van der Waals surface area contributed by atoms with E-state index in [9.17, 15) is 14.7 Å². The third-order valence-corrected chi connectivity index (χ3v) is 5.77. The highest BCUT2D eigenvalue weighted by Crippen LogP contribution is 2.54. The van der Waals surface area contributed by atoms with Crippen LogP contribution in [0.25, 0.3) is 0 Å². The molecule has 0 aromatic rings. The van der Waals surface area contributed by atoms with Crippen LogP contribution in [0.3, 0.4) is 0 Å². The Morgan fingerprint density at radius 2 is 2.14 bits per heavy atom. The van der Waals surface area contributed by atoms with Gasteiger partial charge in [0.2, 0.25) is 0 Å².